The van der Waals surface area contributed by atoms with E-state index < -0.39 is 5.41 Å². The zero-order chi connectivity index (χ0) is 19.6. The van der Waals surface area contributed by atoms with Gasteiger partial charge in [-0.25, -0.2) is 0 Å². The van der Waals surface area contributed by atoms with Crippen LogP contribution in [0.15, 0.2) is 24.3 Å². The lowest BCUT2D eigenvalue weighted by molar-refractivity contribution is -0.146. The van der Waals surface area contributed by atoms with E-state index in [1.165, 1.54) is 6.92 Å². The minimum Gasteiger partial charge on any atom is -0.491 e. The Morgan fingerprint density at radius 1 is 1.00 bits per heavy atom. The van der Waals surface area contributed by atoms with E-state index in [9.17, 15) is 14.4 Å². The third-order valence-corrected chi connectivity index (χ3v) is 5.09. The summed E-state index contributed by atoms with van der Waals surface area (Å²) < 4.78 is 5.60. The van der Waals surface area contributed by atoms with Gasteiger partial charge < -0.3 is 19.9 Å². The Labute approximate surface area is 159 Å². The van der Waals surface area contributed by atoms with E-state index in [-0.39, 0.29) is 23.8 Å². The van der Waals surface area contributed by atoms with Gasteiger partial charge in [-0.05, 0) is 51.0 Å². The molecule has 3 rings (SSSR count). The quantitative estimate of drug-likeness (QED) is 0.800. The van der Waals surface area contributed by atoms with Crippen LogP contribution in [0.25, 0.3) is 0 Å². The Hall–Kier alpha value is -2.57. The van der Waals surface area contributed by atoms with Gasteiger partial charge in [0.25, 0.3) is 0 Å². The van der Waals surface area contributed by atoms with Crippen molar-refractivity contribution < 1.29 is 19.1 Å². The Balaban J connectivity index is 1.59. The van der Waals surface area contributed by atoms with Crippen molar-refractivity contribution in [2.45, 2.75) is 39.7 Å². The van der Waals surface area contributed by atoms with E-state index >= 15 is 0 Å². The number of rotatable bonds is 5. The Morgan fingerprint density at radius 2 is 1.56 bits per heavy atom. The summed E-state index contributed by atoms with van der Waals surface area (Å²) >= 11 is 0. The van der Waals surface area contributed by atoms with Gasteiger partial charge in [0.15, 0.2) is 0 Å². The lowest BCUT2D eigenvalue weighted by atomic mass is 10.0. The Kier molecular flexibility index (Phi) is 5.39. The first kappa shape index (κ1) is 19.2. The molecule has 1 heterocycles. The first-order valence-corrected chi connectivity index (χ1v) is 9.45. The third-order valence-electron chi connectivity index (χ3n) is 5.09. The maximum Gasteiger partial charge on any atom is 0.240 e. The van der Waals surface area contributed by atoms with Crippen molar-refractivity contribution in [2.75, 3.05) is 31.5 Å². The molecule has 1 N–H and O–H groups in total. The van der Waals surface area contributed by atoms with Crippen LogP contribution in [0, 0.1) is 5.41 Å². The van der Waals surface area contributed by atoms with E-state index in [1.54, 1.807) is 34.1 Å². The second kappa shape index (κ2) is 7.58. The normalized spacial score (nSPS) is 18.2. The summed E-state index contributed by atoms with van der Waals surface area (Å²) in [6.07, 6.45) is 1.22. The second-order valence-electron chi connectivity index (χ2n) is 7.53. The number of anilines is 1. The fraction of sp³-hybridized carbons (Fsp3) is 0.550. The SMILES string of the molecule is CC(=O)N1CCN(C(=O)C2(C(=O)Nc3ccc(OC(C)C)cc3)CC2)CC1. The first-order valence-electron chi connectivity index (χ1n) is 9.45. The molecule has 0 unspecified atom stereocenters. The molecule has 146 valence electrons. The molecule has 2 fully saturated rings. The number of nitrogens with one attached hydrogen (secondary N) is 1. The molecule has 0 spiro atoms. The highest BCUT2D eigenvalue weighted by atomic mass is 16.5. The standard InChI is InChI=1S/C20H27N3O4/c1-14(2)27-17-6-4-16(5-7-17)21-18(25)20(8-9-20)19(26)23-12-10-22(11-13-23)15(3)24/h4-7,14H,8-13H2,1-3H3,(H,21,25). The van der Waals surface area contributed by atoms with Crippen LogP contribution in [0.2, 0.25) is 0 Å². The largest absolute Gasteiger partial charge is 0.491 e. The molecule has 1 aromatic rings. The average molecular weight is 373 g/mol. The predicted octanol–water partition coefficient (Wildman–Crippen LogP) is 1.88. The Bertz CT molecular complexity index is 717. The number of benzene rings is 1. The molecule has 1 aliphatic heterocycles. The van der Waals surface area contributed by atoms with Crippen molar-refractivity contribution in [3.63, 3.8) is 0 Å². The zero-order valence-electron chi connectivity index (χ0n) is 16.2. The minimum atomic E-state index is -0.953. The molecule has 27 heavy (non-hydrogen) atoms. The smallest absolute Gasteiger partial charge is 0.240 e. The van der Waals surface area contributed by atoms with Gasteiger partial charge in [-0.3, -0.25) is 14.4 Å². The van der Waals surface area contributed by atoms with Crippen molar-refractivity contribution in [3.8, 4) is 5.75 Å². The van der Waals surface area contributed by atoms with Gasteiger partial charge in [-0.1, -0.05) is 0 Å². The summed E-state index contributed by atoms with van der Waals surface area (Å²) in [6.45, 7) is 7.45. The number of hydrogen-bond donors (Lipinski definition) is 1. The van der Waals surface area contributed by atoms with Crippen molar-refractivity contribution in [1.82, 2.24) is 9.80 Å². The van der Waals surface area contributed by atoms with Crippen LogP contribution in [0.4, 0.5) is 5.69 Å². The van der Waals surface area contributed by atoms with Gasteiger partial charge in [0.05, 0.1) is 6.10 Å². The van der Waals surface area contributed by atoms with Gasteiger partial charge in [0, 0.05) is 38.8 Å². The van der Waals surface area contributed by atoms with Crippen LogP contribution < -0.4 is 10.1 Å². The molecule has 7 heteroatoms. The van der Waals surface area contributed by atoms with Crippen LogP contribution >= 0.6 is 0 Å². The summed E-state index contributed by atoms with van der Waals surface area (Å²) in [7, 11) is 0. The van der Waals surface area contributed by atoms with Crippen molar-refractivity contribution >= 4 is 23.4 Å². The first-order chi connectivity index (χ1) is 12.8. The van der Waals surface area contributed by atoms with Gasteiger partial charge in [-0.15, -0.1) is 0 Å². The molecule has 1 saturated heterocycles. The monoisotopic (exact) mass is 373 g/mol. The molecule has 3 amide bonds. The molecule has 7 nitrogen and oxygen atoms in total. The number of amides is 3. The third kappa shape index (κ3) is 4.23. The van der Waals surface area contributed by atoms with Crippen LogP contribution in [0.1, 0.15) is 33.6 Å². The van der Waals surface area contributed by atoms with Crippen LogP contribution in [-0.4, -0.2) is 59.8 Å². The van der Waals surface area contributed by atoms with Crippen LogP contribution in [0.3, 0.4) is 0 Å². The molecular formula is C20H27N3O4. The maximum atomic E-state index is 12.9. The van der Waals surface area contributed by atoms with E-state index in [2.05, 4.69) is 5.32 Å². The summed E-state index contributed by atoms with van der Waals surface area (Å²) in [5.41, 5.74) is -0.303. The lowest BCUT2D eigenvalue weighted by Crippen LogP contribution is -2.53. The minimum absolute atomic E-state index is 0.0193. The van der Waals surface area contributed by atoms with Crippen molar-refractivity contribution in [1.29, 1.82) is 0 Å². The molecule has 2 aliphatic rings. The van der Waals surface area contributed by atoms with Crippen molar-refractivity contribution in [3.05, 3.63) is 24.3 Å². The highest BCUT2D eigenvalue weighted by molar-refractivity contribution is 6.13. The summed E-state index contributed by atoms with van der Waals surface area (Å²) in [5, 5.41) is 2.87. The van der Waals surface area contributed by atoms with E-state index in [0.717, 1.165) is 5.75 Å². The molecule has 1 saturated carbocycles. The maximum absolute atomic E-state index is 12.9. The molecule has 0 atom stereocenters. The number of ether oxygens (including phenoxy) is 1. The molecule has 0 radical (unpaired) electrons. The molecule has 0 aromatic heterocycles. The number of carbonyl (C=O) groups is 3. The van der Waals surface area contributed by atoms with Gasteiger partial charge >= 0.3 is 0 Å². The van der Waals surface area contributed by atoms with Gasteiger partial charge in [-0.2, -0.15) is 0 Å². The number of carbonyl (C=O) groups excluding carboxylic acids is 3. The number of nitrogens with zero attached hydrogens (tertiary/aromatic N) is 2. The zero-order valence-corrected chi connectivity index (χ0v) is 16.2. The van der Waals surface area contributed by atoms with Crippen molar-refractivity contribution in [2.24, 2.45) is 5.41 Å². The van der Waals surface area contributed by atoms with Gasteiger partial charge in [0.2, 0.25) is 17.7 Å². The van der Waals surface area contributed by atoms with E-state index in [0.29, 0.717) is 44.7 Å². The fourth-order valence-electron chi connectivity index (χ4n) is 3.33. The molecular weight excluding hydrogens is 346 g/mol. The molecule has 1 aromatic carbocycles. The fourth-order valence-corrected chi connectivity index (χ4v) is 3.33. The summed E-state index contributed by atoms with van der Waals surface area (Å²) in [4.78, 5) is 40.5. The molecule has 0 bridgehead atoms. The van der Waals surface area contributed by atoms with Crippen LogP contribution in [-0.2, 0) is 14.4 Å². The second-order valence-corrected chi connectivity index (χ2v) is 7.53. The average Bonchev–Trinajstić information content (AvgIpc) is 3.44. The topological polar surface area (TPSA) is 79.0 Å². The Morgan fingerprint density at radius 3 is 2.04 bits per heavy atom. The lowest BCUT2D eigenvalue weighted by Gasteiger charge is -2.35. The van der Waals surface area contributed by atoms with Gasteiger partial charge in [0.1, 0.15) is 11.2 Å². The predicted molar refractivity (Wildman–Crippen MR) is 101 cm³/mol. The highest BCUT2D eigenvalue weighted by Crippen LogP contribution is 2.48. The highest BCUT2D eigenvalue weighted by Gasteiger charge is 2.58. The van der Waals surface area contributed by atoms with E-state index in [1.807, 2.05) is 13.8 Å². The summed E-state index contributed by atoms with van der Waals surface area (Å²) in [6, 6.07) is 7.17. The van der Waals surface area contributed by atoms with E-state index in [4.69, 9.17) is 4.74 Å². The summed E-state index contributed by atoms with van der Waals surface area (Å²) in [5.74, 6) is 0.386. The molecule has 1 aliphatic carbocycles. The number of hydrogen-bond acceptors (Lipinski definition) is 4. The number of piperazine rings is 1. The van der Waals surface area contributed by atoms with Crippen LogP contribution in [0.5, 0.6) is 5.75 Å².